The number of carboxylic acids is 1. The summed E-state index contributed by atoms with van der Waals surface area (Å²) < 4.78 is 0. The monoisotopic (exact) mass is 544 g/mol. The predicted molar refractivity (Wildman–Crippen MR) is 152 cm³/mol. The molecule has 10 nitrogen and oxygen atoms in total. The minimum absolute atomic E-state index is 0.0175. The fraction of sp³-hybridized carbons (Fsp3) is 0.233. The van der Waals surface area contributed by atoms with Gasteiger partial charge in [-0.1, -0.05) is 48.5 Å². The molecule has 3 rings (SSSR count). The van der Waals surface area contributed by atoms with E-state index in [1.54, 1.807) is 67.7 Å². The second kappa shape index (κ2) is 14.2. The molecule has 1 unspecified atom stereocenters. The number of ketones is 1. The second-order valence-corrected chi connectivity index (χ2v) is 9.22. The molecule has 4 amide bonds. The summed E-state index contributed by atoms with van der Waals surface area (Å²) in [6.07, 6.45) is -0.783. The van der Waals surface area contributed by atoms with Gasteiger partial charge in [0.2, 0.25) is 11.8 Å². The van der Waals surface area contributed by atoms with E-state index < -0.39 is 30.2 Å². The minimum atomic E-state index is -1.19. The zero-order valence-corrected chi connectivity index (χ0v) is 22.3. The first-order chi connectivity index (χ1) is 19.1. The summed E-state index contributed by atoms with van der Waals surface area (Å²) in [5, 5.41) is 17.3. The summed E-state index contributed by atoms with van der Waals surface area (Å²) in [4.78, 5) is 62.8. The number of carboxylic acid groups (broad SMARTS) is 1. The first kappa shape index (κ1) is 29.6. The van der Waals surface area contributed by atoms with Gasteiger partial charge in [0.1, 0.15) is 0 Å². The molecule has 0 spiro atoms. The van der Waals surface area contributed by atoms with Crippen LogP contribution in [0.2, 0.25) is 0 Å². The van der Waals surface area contributed by atoms with E-state index in [4.69, 9.17) is 0 Å². The van der Waals surface area contributed by atoms with Crippen LogP contribution in [0.5, 0.6) is 0 Å². The van der Waals surface area contributed by atoms with Crippen molar-refractivity contribution >= 4 is 46.7 Å². The molecule has 0 saturated carbocycles. The molecule has 3 aromatic rings. The summed E-state index contributed by atoms with van der Waals surface area (Å²) in [5.41, 5.74) is 3.15. The highest BCUT2D eigenvalue weighted by molar-refractivity contribution is 6.01. The number of amides is 4. The third-order valence-corrected chi connectivity index (χ3v) is 6.24. The van der Waals surface area contributed by atoms with Crippen molar-refractivity contribution in [2.24, 2.45) is 5.92 Å². The summed E-state index contributed by atoms with van der Waals surface area (Å²) in [6, 6.07) is 22.0. The van der Waals surface area contributed by atoms with Gasteiger partial charge in [0.05, 0.1) is 12.3 Å². The van der Waals surface area contributed by atoms with E-state index in [9.17, 15) is 29.1 Å². The lowest BCUT2D eigenvalue weighted by Gasteiger charge is -2.19. The Kier molecular flexibility index (Phi) is 10.5. The first-order valence-corrected chi connectivity index (χ1v) is 12.7. The number of nitrogens with zero attached hydrogens (tertiary/aromatic N) is 1. The van der Waals surface area contributed by atoms with Crippen molar-refractivity contribution in [1.29, 1.82) is 0 Å². The Morgan fingerprint density at radius 3 is 2.12 bits per heavy atom. The molecule has 0 heterocycles. The zero-order chi connectivity index (χ0) is 29.1. The lowest BCUT2D eigenvalue weighted by molar-refractivity contribution is -0.141. The molecule has 0 saturated heterocycles. The lowest BCUT2D eigenvalue weighted by atomic mass is 9.94. The van der Waals surface area contributed by atoms with E-state index in [1.165, 1.54) is 4.90 Å². The van der Waals surface area contributed by atoms with E-state index in [-0.39, 0.29) is 31.1 Å². The van der Waals surface area contributed by atoms with Crippen LogP contribution in [-0.4, -0.2) is 48.3 Å². The van der Waals surface area contributed by atoms with E-state index in [2.05, 4.69) is 16.0 Å². The Morgan fingerprint density at radius 2 is 1.48 bits per heavy atom. The van der Waals surface area contributed by atoms with Gasteiger partial charge in [-0.25, -0.2) is 4.79 Å². The molecule has 10 heteroatoms. The smallest absolute Gasteiger partial charge is 0.323 e. The summed E-state index contributed by atoms with van der Waals surface area (Å²) in [7, 11) is 1.59. The van der Waals surface area contributed by atoms with Crippen molar-refractivity contribution in [2.75, 3.05) is 29.1 Å². The highest BCUT2D eigenvalue weighted by Gasteiger charge is 2.25. The van der Waals surface area contributed by atoms with Crippen LogP contribution >= 0.6 is 0 Å². The van der Waals surface area contributed by atoms with Crippen molar-refractivity contribution in [2.45, 2.75) is 26.2 Å². The Hall–Kier alpha value is -4.99. The van der Waals surface area contributed by atoms with Gasteiger partial charge in [0.15, 0.2) is 5.78 Å². The number of hydrogen-bond donors (Lipinski definition) is 4. The molecule has 0 aromatic heterocycles. The Bertz CT molecular complexity index is 1360. The third-order valence-electron chi connectivity index (χ3n) is 6.24. The highest BCUT2D eigenvalue weighted by atomic mass is 16.4. The van der Waals surface area contributed by atoms with Crippen molar-refractivity contribution in [3.05, 3.63) is 90.0 Å². The molecule has 1 atom stereocenters. The molecule has 0 radical (unpaired) electrons. The van der Waals surface area contributed by atoms with Crippen molar-refractivity contribution < 1.29 is 29.1 Å². The number of nitrogens with one attached hydrogen (secondary N) is 3. The molecule has 0 aliphatic heterocycles. The van der Waals surface area contributed by atoms with Crippen LogP contribution in [0.25, 0.3) is 0 Å². The standard InChI is InChI=1S/C30H32N4O6/c1-20-8-6-7-11-25(20)33-30(40)32-23-12-14-24(15-13-23)34(2)27(36)16-17-31-29(39)22(19-28(37)38)18-26(35)21-9-4-3-5-10-21/h3-15,22H,16-19H2,1-2H3,(H,31,39)(H,37,38)(H2,32,33,40). The molecule has 40 heavy (non-hydrogen) atoms. The fourth-order valence-electron chi connectivity index (χ4n) is 3.95. The van der Waals surface area contributed by atoms with Gasteiger partial charge in [0, 0.05) is 49.1 Å². The van der Waals surface area contributed by atoms with Gasteiger partial charge < -0.3 is 26.0 Å². The van der Waals surface area contributed by atoms with Crippen LogP contribution in [0.15, 0.2) is 78.9 Å². The molecule has 0 aliphatic rings. The number of anilines is 3. The lowest BCUT2D eigenvalue weighted by Crippen LogP contribution is -2.36. The van der Waals surface area contributed by atoms with Crippen LogP contribution in [0.3, 0.4) is 0 Å². The molecular weight excluding hydrogens is 512 g/mol. The van der Waals surface area contributed by atoms with Crippen LogP contribution in [0.4, 0.5) is 21.9 Å². The maximum Gasteiger partial charge on any atom is 0.323 e. The van der Waals surface area contributed by atoms with E-state index >= 15 is 0 Å². The minimum Gasteiger partial charge on any atom is -0.481 e. The van der Waals surface area contributed by atoms with E-state index in [0.29, 0.717) is 22.6 Å². The van der Waals surface area contributed by atoms with Gasteiger partial charge in [-0.05, 0) is 42.8 Å². The molecule has 3 aromatic carbocycles. The quantitative estimate of drug-likeness (QED) is 0.248. The highest BCUT2D eigenvalue weighted by Crippen LogP contribution is 2.19. The molecule has 0 fully saturated rings. The number of aryl methyl sites for hydroxylation is 1. The number of hydrogen-bond acceptors (Lipinski definition) is 5. The summed E-state index contributed by atoms with van der Waals surface area (Å²) >= 11 is 0. The van der Waals surface area contributed by atoms with Crippen LogP contribution in [-0.2, 0) is 14.4 Å². The SMILES string of the molecule is Cc1ccccc1NC(=O)Nc1ccc(N(C)C(=O)CCNC(=O)C(CC(=O)O)CC(=O)c2ccccc2)cc1. The summed E-state index contributed by atoms with van der Waals surface area (Å²) in [5.74, 6) is -3.46. The molecule has 4 N–H and O–H groups in total. The maximum absolute atomic E-state index is 12.7. The Balaban J connectivity index is 1.48. The maximum atomic E-state index is 12.7. The molecule has 0 aliphatic carbocycles. The third kappa shape index (κ3) is 8.80. The molecule has 208 valence electrons. The largest absolute Gasteiger partial charge is 0.481 e. The average Bonchev–Trinajstić information content (AvgIpc) is 2.94. The fourth-order valence-corrected chi connectivity index (χ4v) is 3.95. The number of carbonyl (C=O) groups excluding carboxylic acids is 4. The summed E-state index contributed by atoms with van der Waals surface area (Å²) in [6.45, 7) is 1.88. The van der Waals surface area contributed by atoms with Crippen molar-refractivity contribution in [1.82, 2.24) is 5.32 Å². The number of rotatable bonds is 12. The number of Topliss-reactive ketones (excluding diaryl/α,β-unsaturated/α-hetero) is 1. The Labute approximate surface area is 232 Å². The topological polar surface area (TPSA) is 145 Å². The number of benzene rings is 3. The van der Waals surface area contributed by atoms with Gasteiger partial charge in [-0.3, -0.25) is 19.2 Å². The van der Waals surface area contributed by atoms with Crippen LogP contribution in [0, 0.1) is 12.8 Å². The van der Waals surface area contributed by atoms with Crippen molar-refractivity contribution in [3.8, 4) is 0 Å². The molecular formula is C30H32N4O6. The molecule has 0 bridgehead atoms. The van der Waals surface area contributed by atoms with E-state index in [1.807, 2.05) is 25.1 Å². The van der Waals surface area contributed by atoms with Gasteiger partial charge in [-0.15, -0.1) is 0 Å². The van der Waals surface area contributed by atoms with Crippen LogP contribution in [0.1, 0.15) is 35.2 Å². The van der Waals surface area contributed by atoms with Gasteiger partial charge in [-0.2, -0.15) is 0 Å². The predicted octanol–water partition coefficient (Wildman–Crippen LogP) is 4.47. The second-order valence-electron chi connectivity index (χ2n) is 9.22. The van der Waals surface area contributed by atoms with E-state index in [0.717, 1.165) is 5.56 Å². The van der Waals surface area contributed by atoms with Crippen LogP contribution < -0.4 is 20.9 Å². The van der Waals surface area contributed by atoms with Gasteiger partial charge >= 0.3 is 12.0 Å². The average molecular weight is 545 g/mol. The number of aliphatic carboxylic acids is 1. The Morgan fingerprint density at radius 1 is 0.825 bits per heavy atom. The van der Waals surface area contributed by atoms with Gasteiger partial charge in [0.25, 0.3) is 0 Å². The number of urea groups is 1. The normalized spacial score (nSPS) is 11.2. The van der Waals surface area contributed by atoms with Crippen molar-refractivity contribution in [3.63, 3.8) is 0 Å². The zero-order valence-electron chi connectivity index (χ0n) is 22.3. The first-order valence-electron chi connectivity index (χ1n) is 12.7. The number of carbonyl (C=O) groups is 5. The number of para-hydroxylation sites is 1.